The van der Waals surface area contributed by atoms with Crippen molar-refractivity contribution in [2.75, 3.05) is 13.2 Å². The summed E-state index contributed by atoms with van der Waals surface area (Å²) in [6.45, 7) is 1.97. The van der Waals surface area contributed by atoms with E-state index in [9.17, 15) is 9.59 Å². The zero-order chi connectivity index (χ0) is 15.2. The van der Waals surface area contributed by atoms with Crippen LogP contribution in [0.4, 0.5) is 0 Å². The quantitative estimate of drug-likeness (QED) is 0.804. The van der Waals surface area contributed by atoms with Crippen molar-refractivity contribution in [3.05, 3.63) is 57.8 Å². The molecule has 1 heterocycles. The number of thiophene rings is 1. The van der Waals surface area contributed by atoms with Gasteiger partial charge >= 0.3 is 0 Å². The van der Waals surface area contributed by atoms with Crippen LogP contribution in [0, 0.1) is 0 Å². The molecule has 21 heavy (non-hydrogen) atoms. The summed E-state index contributed by atoms with van der Waals surface area (Å²) in [5, 5.41) is 13.2. The van der Waals surface area contributed by atoms with Gasteiger partial charge < -0.3 is 10.4 Å². The molecule has 1 aromatic heterocycles. The second-order valence-corrected chi connectivity index (χ2v) is 5.61. The molecular formula is C16H17NO3S. The van der Waals surface area contributed by atoms with Crippen LogP contribution in [0.15, 0.2) is 41.8 Å². The highest BCUT2D eigenvalue weighted by Crippen LogP contribution is 2.19. The molecule has 1 aromatic carbocycles. The molecular weight excluding hydrogens is 286 g/mol. The lowest BCUT2D eigenvalue weighted by atomic mass is 9.98. The minimum atomic E-state index is -0.317. The third-order valence-electron chi connectivity index (χ3n) is 3.22. The van der Waals surface area contributed by atoms with E-state index in [2.05, 4.69) is 5.32 Å². The summed E-state index contributed by atoms with van der Waals surface area (Å²) in [6.07, 6.45) is 0. The monoisotopic (exact) mass is 303 g/mol. The van der Waals surface area contributed by atoms with Gasteiger partial charge in [-0.25, -0.2) is 0 Å². The van der Waals surface area contributed by atoms with Gasteiger partial charge in [-0.15, -0.1) is 11.3 Å². The second kappa shape index (κ2) is 7.15. The number of hydrogen-bond donors (Lipinski definition) is 2. The number of ketones is 1. The van der Waals surface area contributed by atoms with Crippen molar-refractivity contribution in [2.24, 2.45) is 0 Å². The lowest BCUT2D eigenvalue weighted by molar-refractivity contribution is -0.122. The van der Waals surface area contributed by atoms with Gasteiger partial charge in [0.15, 0.2) is 0 Å². The van der Waals surface area contributed by atoms with Crippen LogP contribution in [0.2, 0.25) is 0 Å². The molecule has 0 fully saturated rings. The lowest BCUT2D eigenvalue weighted by Crippen LogP contribution is -2.30. The maximum Gasteiger partial charge on any atom is 0.227 e. The Morgan fingerprint density at radius 1 is 1.24 bits per heavy atom. The molecule has 0 spiro atoms. The van der Waals surface area contributed by atoms with Crippen LogP contribution in [-0.2, 0) is 4.79 Å². The zero-order valence-electron chi connectivity index (χ0n) is 11.7. The van der Waals surface area contributed by atoms with E-state index < -0.39 is 0 Å². The van der Waals surface area contributed by atoms with E-state index in [0.717, 1.165) is 5.56 Å². The Labute approximate surface area is 127 Å². The molecule has 2 N–H and O–H groups in total. The number of hydrogen-bond acceptors (Lipinski definition) is 4. The van der Waals surface area contributed by atoms with Crippen LogP contribution in [0.1, 0.15) is 33.6 Å². The highest BCUT2D eigenvalue weighted by molar-refractivity contribution is 7.12. The minimum Gasteiger partial charge on any atom is -0.395 e. The van der Waals surface area contributed by atoms with Gasteiger partial charge in [0.25, 0.3) is 0 Å². The van der Waals surface area contributed by atoms with Crippen molar-refractivity contribution in [2.45, 2.75) is 12.8 Å². The molecule has 1 amide bonds. The second-order valence-electron chi connectivity index (χ2n) is 4.66. The molecule has 0 aliphatic heterocycles. The van der Waals surface area contributed by atoms with E-state index in [0.29, 0.717) is 10.4 Å². The van der Waals surface area contributed by atoms with Gasteiger partial charge in [-0.3, -0.25) is 9.59 Å². The van der Waals surface area contributed by atoms with Gasteiger partial charge in [0.1, 0.15) is 0 Å². The molecule has 0 bridgehead atoms. The Morgan fingerprint density at radius 2 is 1.95 bits per heavy atom. The van der Waals surface area contributed by atoms with Gasteiger partial charge in [-0.1, -0.05) is 30.3 Å². The summed E-state index contributed by atoms with van der Waals surface area (Å²) in [7, 11) is 0. The number of nitrogens with one attached hydrogen (secondary N) is 1. The molecule has 1 unspecified atom stereocenters. The molecule has 2 aromatic rings. The number of amides is 1. The maximum absolute atomic E-state index is 12.2. The van der Waals surface area contributed by atoms with E-state index in [1.165, 1.54) is 11.3 Å². The van der Waals surface area contributed by atoms with Crippen molar-refractivity contribution in [1.29, 1.82) is 0 Å². The van der Waals surface area contributed by atoms with E-state index >= 15 is 0 Å². The molecule has 0 saturated heterocycles. The molecule has 110 valence electrons. The van der Waals surface area contributed by atoms with Gasteiger partial charge in [-0.05, 0) is 23.9 Å². The van der Waals surface area contributed by atoms with Crippen molar-refractivity contribution >= 4 is 23.0 Å². The summed E-state index contributed by atoms with van der Waals surface area (Å²) in [5.41, 5.74) is 1.46. The van der Waals surface area contributed by atoms with Gasteiger partial charge in [0, 0.05) is 12.1 Å². The molecule has 0 aliphatic carbocycles. The average Bonchev–Trinajstić information content (AvgIpc) is 3.05. The smallest absolute Gasteiger partial charge is 0.227 e. The van der Waals surface area contributed by atoms with E-state index in [4.69, 9.17) is 5.11 Å². The summed E-state index contributed by atoms with van der Waals surface area (Å²) < 4.78 is 0. The number of rotatable bonds is 6. The molecule has 5 heteroatoms. The SMILES string of the molecule is CC(C(=O)NCCO)c1ccc(C(=O)c2cccs2)cc1. The Morgan fingerprint density at radius 3 is 2.52 bits per heavy atom. The van der Waals surface area contributed by atoms with Crippen LogP contribution in [0.5, 0.6) is 0 Å². The summed E-state index contributed by atoms with van der Waals surface area (Å²) in [5.74, 6) is -0.460. The minimum absolute atomic E-state index is 0.00562. The fraction of sp³-hybridized carbons (Fsp3) is 0.250. The van der Waals surface area contributed by atoms with Gasteiger partial charge in [0.2, 0.25) is 11.7 Å². The first kappa shape index (κ1) is 15.4. The van der Waals surface area contributed by atoms with Crippen LogP contribution in [0.3, 0.4) is 0 Å². The first-order valence-electron chi connectivity index (χ1n) is 6.70. The normalized spacial score (nSPS) is 11.9. The number of aliphatic hydroxyl groups is 1. The molecule has 0 saturated carbocycles. The molecule has 0 aliphatic rings. The van der Waals surface area contributed by atoms with Crippen molar-refractivity contribution in [1.82, 2.24) is 5.32 Å². The third-order valence-corrected chi connectivity index (χ3v) is 4.09. The molecule has 0 radical (unpaired) electrons. The predicted octanol–water partition coefficient (Wildman–Crippen LogP) is 2.19. The van der Waals surface area contributed by atoms with E-state index in [1.807, 2.05) is 11.4 Å². The maximum atomic E-state index is 12.2. The highest BCUT2D eigenvalue weighted by Gasteiger charge is 2.16. The fourth-order valence-corrected chi connectivity index (χ4v) is 2.64. The first-order chi connectivity index (χ1) is 10.1. The molecule has 1 atom stereocenters. The fourth-order valence-electron chi connectivity index (χ4n) is 1.96. The Balaban J connectivity index is 2.08. The lowest BCUT2D eigenvalue weighted by Gasteiger charge is -2.12. The summed E-state index contributed by atoms with van der Waals surface area (Å²) in [4.78, 5) is 24.7. The Hall–Kier alpha value is -1.98. The Kier molecular flexibility index (Phi) is 5.25. The van der Waals surface area contributed by atoms with Crippen molar-refractivity contribution in [3.8, 4) is 0 Å². The Bertz CT molecular complexity index is 605. The largest absolute Gasteiger partial charge is 0.395 e. The van der Waals surface area contributed by atoms with Crippen LogP contribution >= 0.6 is 11.3 Å². The third kappa shape index (κ3) is 3.77. The van der Waals surface area contributed by atoms with Crippen LogP contribution in [0.25, 0.3) is 0 Å². The number of carbonyl (C=O) groups is 2. The van der Waals surface area contributed by atoms with Gasteiger partial charge in [-0.2, -0.15) is 0 Å². The van der Waals surface area contributed by atoms with Crippen LogP contribution in [-0.4, -0.2) is 29.9 Å². The number of aliphatic hydroxyl groups excluding tert-OH is 1. The van der Waals surface area contributed by atoms with Gasteiger partial charge in [0.05, 0.1) is 17.4 Å². The zero-order valence-corrected chi connectivity index (χ0v) is 12.5. The molecule has 2 rings (SSSR count). The first-order valence-corrected chi connectivity index (χ1v) is 7.58. The van der Waals surface area contributed by atoms with Crippen LogP contribution < -0.4 is 5.32 Å². The number of carbonyl (C=O) groups excluding carboxylic acids is 2. The highest BCUT2D eigenvalue weighted by atomic mass is 32.1. The standard InChI is InChI=1S/C16H17NO3S/c1-11(16(20)17-8-9-18)12-4-6-13(7-5-12)15(19)14-3-2-10-21-14/h2-7,10-11,18H,8-9H2,1H3,(H,17,20). The van der Waals surface area contributed by atoms with E-state index in [-0.39, 0.29) is 30.8 Å². The topological polar surface area (TPSA) is 66.4 Å². The number of benzene rings is 1. The van der Waals surface area contributed by atoms with E-state index in [1.54, 1.807) is 37.3 Å². The average molecular weight is 303 g/mol. The molecule has 4 nitrogen and oxygen atoms in total. The summed E-state index contributed by atoms with van der Waals surface area (Å²) in [6, 6.07) is 10.7. The summed E-state index contributed by atoms with van der Waals surface area (Å²) >= 11 is 1.41. The van der Waals surface area contributed by atoms with Crippen molar-refractivity contribution < 1.29 is 14.7 Å². The van der Waals surface area contributed by atoms with Crippen molar-refractivity contribution in [3.63, 3.8) is 0 Å². The predicted molar refractivity (Wildman–Crippen MR) is 82.7 cm³/mol.